The van der Waals surface area contributed by atoms with Gasteiger partial charge in [-0.25, -0.2) is 4.98 Å². The molecule has 5 heteroatoms. The van der Waals surface area contributed by atoms with E-state index in [1.165, 1.54) is 32.7 Å². The van der Waals surface area contributed by atoms with E-state index < -0.39 is 0 Å². The molecule has 0 saturated heterocycles. The van der Waals surface area contributed by atoms with E-state index in [1.54, 1.807) is 0 Å². The smallest absolute Gasteiger partial charge is 0.352 e. The van der Waals surface area contributed by atoms with Gasteiger partial charge in [-0.15, -0.1) is 46.7 Å². The summed E-state index contributed by atoms with van der Waals surface area (Å²) in [5, 5.41) is 4.75. The first-order chi connectivity index (χ1) is 20.8. The van der Waals surface area contributed by atoms with Gasteiger partial charge in [0.1, 0.15) is 5.82 Å². The van der Waals surface area contributed by atoms with Crippen LogP contribution in [0.4, 0.5) is 0 Å². The predicted octanol–water partition coefficient (Wildman–Crippen LogP) is 8.81. The van der Waals surface area contributed by atoms with E-state index in [0.717, 1.165) is 70.5 Å². The summed E-state index contributed by atoms with van der Waals surface area (Å²) in [5.74, 6) is 0.914. The molecule has 208 valence electrons. The number of nitrogens with zero attached hydrogens (tertiary/aromatic N) is 4. The molecule has 0 atom stereocenters. The van der Waals surface area contributed by atoms with Gasteiger partial charge in [-0.2, -0.15) is 6.07 Å². The minimum absolute atomic E-state index is 0. The number of benzene rings is 4. The summed E-state index contributed by atoms with van der Waals surface area (Å²) < 4.78 is 4.55. The van der Waals surface area contributed by atoms with Crippen LogP contribution in [-0.2, 0) is 33.9 Å². The average Bonchev–Trinajstić information content (AvgIpc) is 3.54. The van der Waals surface area contributed by atoms with E-state index in [9.17, 15) is 0 Å². The molecule has 4 aliphatic heterocycles. The second-order valence-electron chi connectivity index (χ2n) is 11.2. The van der Waals surface area contributed by atoms with Gasteiger partial charge in [0.25, 0.3) is 0 Å². The third-order valence-electron chi connectivity index (χ3n) is 8.69. The minimum Gasteiger partial charge on any atom is -0.352 e. The van der Waals surface area contributed by atoms with Crippen molar-refractivity contribution < 1.29 is 21.1 Å². The van der Waals surface area contributed by atoms with E-state index >= 15 is 0 Å². The van der Waals surface area contributed by atoms with Crippen LogP contribution in [0.5, 0.6) is 0 Å². The molecule has 4 aromatic carbocycles. The Morgan fingerprint density at radius 2 is 1.21 bits per heavy atom. The van der Waals surface area contributed by atoms with E-state index in [0.29, 0.717) is 0 Å². The first-order valence-electron chi connectivity index (χ1n) is 14.6. The first kappa shape index (κ1) is 26.1. The fourth-order valence-corrected chi connectivity index (χ4v) is 6.64. The predicted molar refractivity (Wildman–Crippen MR) is 170 cm³/mol. The summed E-state index contributed by atoms with van der Waals surface area (Å²) >= 11 is 0. The van der Waals surface area contributed by atoms with Crippen LogP contribution in [0.2, 0.25) is 0 Å². The molecule has 0 spiro atoms. The van der Waals surface area contributed by atoms with Gasteiger partial charge in [0.15, 0.2) is 0 Å². The Kier molecular flexibility index (Phi) is 6.27. The van der Waals surface area contributed by atoms with Gasteiger partial charge >= 0.3 is 21.1 Å². The standard InChI is InChI=1S/C38H26N4.Pt/c1-2-9-26-17-19-38(40-24-26)42-35-15-6-4-13-30(35)32-21-31-29-12-3-5-14-34(29)41(36(31)22-37(32)42)28-11-7-10-27(20-28)33-18-16-25(8-1)23-39-33;/h3-7,10-19,21,23-24H,1-2,8-9H2;/q-2;+2. The number of hydrogen-bond acceptors (Lipinski definition) is 2. The average molecular weight is 734 g/mol. The Labute approximate surface area is 263 Å². The van der Waals surface area contributed by atoms with Crippen molar-refractivity contribution in [2.45, 2.75) is 25.7 Å². The van der Waals surface area contributed by atoms with Crippen molar-refractivity contribution >= 4 is 43.6 Å². The Bertz CT molecular complexity index is 2290. The molecule has 43 heavy (non-hydrogen) atoms. The molecule has 8 heterocycles. The SMILES string of the molecule is [Pt+2].[c-]1c2cccc1-n1c3[c-]c4c(cc3c3ccccc31)c1ccccc1n4-c1ccc(cn1)CCCCc1ccc-2nc1. The fourth-order valence-electron chi connectivity index (χ4n) is 6.64. The Morgan fingerprint density at radius 3 is 1.88 bits per heavy atom. The third kappa shape index (κ3) is 4.16. The van der Waals surface area contributed by atoms with Gasteiger partial charge in [-0.3, -0.25) is 0 Å². The Balaban J connectivity index is 0.00000278. The number of pyridine rings is 2. The number of rotatable bonds is 0. The molecule has 0 aliphatic carbocycles. The third-order valence-corrected chi connectivity index (χ3v) is 8.69. The topological polar surface area (TPSA) is 35.6 Å². The number of fused-ring (bicyclic) bond motifs is 4. The maximum absolute atomic E-state index is 4.99. The largest absolute Gasteiger partial charge is 2.00 e. The summed E-state index contributed by atoms with van der Waals surface area (Å²) in [4.78, 5) is 9.83. The second-order valence-corrected chi connectivity index (χ2v) is 11.2. The molecule has 4 aliphatic rings. The van der Waals surface area contributed by atoms with Crippen LogP contribution in [0, 0.1) is 12.1 Å². The van der Waals surface area contributed by atoms with Gasteiger partial charge in [0.2, 0.25) is 0 Å². The van der Waals surface area contributed by atoms with Crippen molar-refractivity contribution in [2.75, 3.05) is 0 Å². The zero-order valence-electron chi connectivity index (χ0n) is 23.3. The molecule has 0 amide bonds. The molecule has 0 fully saturated rings. The maximum atomic E-state index is 4.99. The number of aromatic nitrogens is 4. The quantitative estimate of drug-likeness (QED) is 0.146. The van der Waals surface area contributed by atoms with Gasteiger partial charge in [0.05, 0.1) is 0 Å². The second kappa shape index (κ2) is 10.3. The van der Waals surface area contributed by atoms with Crippen molar-refractivity contribution in [1.29, 1.82) is 0 Å². The monoisotopic (exact) mass is 733 g/mol. The Hall–Kier alpha value is -4.53. The molecule has 0 radical (unpaired) electrons. The van der Waals surface area contributed by atoms with Crippen LogP contribution in [0.3, 0.4) is 0 Å². The summed E-state index contributed by atoms with van der Waals surface area (Å²) in [7, 11) is 0. The van der Waals surface area contributed by atoms with Gasteiger partial charge in [0, 0.05) is 23.4 Å². The zero-order valence-corrected chi connectivity index (χ0v) is 25.6. The Morgan fingerprint density at radius 1 is 0.558 bits per heavy atom. The molecule has 4 nitrogen and oxygen atoms in total. The molecular weight excluding hydrogens is 708 g/mol. The number of para-hydroxylation sites is 2. The van der Waals surface area contributed by atoms with Crippen LogP contribution >= 0.6 is 0 Å². The van der Waals surface area contributed by atoms with E-state index in [2.05, 4.69) is 118 Å². The fraction of sp³-hybridized carbons (Fsp3) is 0.105. The normalized spacial score (nSPS) is 13.0. The minimum atomic E-state index is 0. The van der Waals surface area contributed by atoms with Crippen molar-refractivity contribution in [3.8, 4) is 22.8 Å². The number of hydrogen-bond donors (Lipinski definition) is 0. The van der Waals surface area contributed by atoms with Crippen LogP contribution < -0.4 is 0 Å². The van der Waals surface area contributed by atoms with E-state index in [-0.39, 0.29) is 21.1 Å². The van der Waals surface area contributed by atoms with Gasteiger partial charge in [-0.1, -0.05) is 65.6 Å². The summed E-state index contributed by atoms with van der Waals surface area (Å²) in [6.45, 7) is 0. The zero-order chi connectivity index (χ0) is 27.6. The van der Waals surface area contributed by atoms with Crippen LogP contribution in [0.1, 0.15) is 24.0 Å². The molecule has 8 bridgehead atoms. The van der Waals surface area contributed by atoms with Crippen molar-refractivity contribution in [3.05, 3.63) is 133 Å². The van der Waals surface area contributed by atoms with Crippen LogP contribution in [0.25, 0.3) is 66.4 Å². The van der Waals surface area contributed by atoms with Crippen molar-refractivity contribution in [2.24, 2.45) is 0 Å². The van der Waals surface area contributed by atoms with E-state index in [1.807, 2.05) is 12.4 Å². The summed E-state index contributed by atoms with van der Waals surface area (Å²) in [6, 6.07) is 42.2. The molecule has 0 saturated carbocycles. The maximum Gasteiger partial charge on any atom is 2.00 e. The van der Waals surface area contributed by atoms with Crippen LogP contribution in [-0.4, -0.2) is 19.1 Å². The van der Waals surface area contributed by atoms with Crippen LogP contribution in [0.15, 0.2) is 109 Å². The molecule has 0 N–H and O–H groups in total. The van der Waals surface area contributed by atoms with Gasteiger partial charge in [-0.05, 0) is 77.2 Å². The molecule has 12 rings (SSSR count). The summed E-state index contributed by atoms with van der Waals surface area (Å²) in [6.07, 6.45) is 8.33. The van der Waals surface area contributed by atoms with E-state index in [4.69, 9.17) is 9.97 Å². The molecule has 8 aromatic rings. The first-order valence-corrected chi connectivity index (χ1v) is 14.6. The van der Waals surface area contributed by atoms with Crippen molar-refractivity contribution in [3.63, 3.8) is 0 Å². The molecular formula is C38H26N4Pt. The summed E-state index contributed by atoms with van der Waals surface area (Å²) in [5.41, 5.74) is 9.75. The molecule has 0 unspecified atom stereocenters. The molecule has 4 aromatic heterocycles. The number of aryl methyl sites for hydroxylation is 2. The van der Waals surface area contributed by atoms with Gasteiger partial charge < -0.3 is 14.1 Å². The van der Waals surface area contributed by atoms with Crippen molar-refractivity contribution in [1.82, 2.24) is 19.1 Å².